The molecule has 4 rings (SSSR count). The molecular weight excluding hydrogens is 440 g/mol. The maximum atomic E-state index is 12.8. The number of esters is 2. The van der Waals surface area contributed by atoms with Crippen LogP contribution in [0.15, 0.2) is 58.3 Å². The van der Waals surface area contributed by atoms with Crippen LogP contribution in [0, 0.1) is 0 Å². The number of hydrogen-bond donors (Lipinski definition) is 0. The van der Waals surface area contributed by atoms with Gasteiger partial charge in [-0.05, 0) is 75.6 Å². The normalized spacial score (nSPS) is 17.6. The van der Waals surface area contributed by atoms with Crippen molar-refractivity contribution in [1.29, 1.82) is 0 Å². The predicted octanol–water partition coefficient (Wildman–Crippen LogP) is 7.47. The summed E-state index contributed by atoms with van der Waals surface area (Å²) in [5, 5.41) is 0. The summed E-state index contributed by atoms with van der Waals surface area (Å²) >= 11 is 0. The SMILES string of the molecule is O=C(OC1CCCCC1)c1ccccc1SSc1ccccc1C(=O)OC1CCCCC1. The molecule has 0 radical (unpaired) electrons. The van der Waals surface area contributed by atoms with Crippen molar-refractivity contribution in [2.75, 3.05) is 0 Å². The Labute approximate surface area is 198 Å². The lowest BCUT2D eigenvalue weighted by Gasteiger charge is -2.22. The van der Waals surface area contributed by atoms with E-state index in [0.717, 1.165) is 61.2 Å². The topological polar surface area (TPSA) is 52.6 Å². The molecule has 0 unspecified atom stereocenters. The first-order valence-electron chi connectivity index (χ1n) is 11.7. The zero-order valence-corrected chi connectivity index (χ0v) is 19.9. The summed E-state index contributed by atoms with van der Waals surface area (Å²) in [6, 6.07) is 15.1. The Morgan fingerprint density at radius 2 is 0.969 bits per heavy atom. The smallest absolute Gasteiger partial charge is 0.339 e. The number of benzene rings is 2. The third-order valence-corrected chi connectivity index (χ3v) is 8.57. The summed E-state index contributed by atoms with van der Waals surface area (Å²) in [6.07, 6.45) is 10.8. The standard InChI is InChI=1S/C26H30O4S2/c27-25(29-19-11-3-1-4-12-19)21-15-7-9-17-23(21)31-32-24-18-10-8-16-22(24)26(28)30-20-13-5-2-6-14-20/h7-10,15-20H,1-6,11-14H2. The lowest BCUT2D eigenvalue weighted by molar-refractivity contribution is 0.0198. The summed E-state index contributed by atoms with van der Waals surface area (Å²) in [5.41, 5.74) is 1.16. The summed E-state index contributed by atoms with van der Waals surface area (Å²) < 4.78 is 11.6. The molecule has 0 N–H and O–H groups in total. The zero-order valence-electron chi connectivity index (χ0n) is 18.3. The van der Waals surface area contributed by atoms with Crippen molar-refractivity contribution in [1.82, 2.24) is 0 Å². The molecule has 2 aromatic rings. The average molecular weight is 471 g/mol. The van der Waals surface area contributed by atoms with Gasteiger partial charge in [0, 0.05) is 9.79 Å². The molecule has 0 bridgehead atoms. The van der Waals surface area contributed by atoms with E-state index in [-0.39, 0.29) is 24.1 Å². The molecule has 0 atom stereocenters. The Balaban J connectivity index is 1.41. The van der Waals surface area contributed by atoms with Crippen LogP contribution in [-0.2, 0) is 9.47 Å². The van der Waals surface area contributed by atoms with Crippen LogP contribution in [0.25, 0.3) is 0 Å². The molecule has 0 aromatic heterocycles. The van der Waals surface area contributed by atoms with Crippen molar-refractivity contribution in [3.05, 3.63) is 59.7 Å². The van der Waals surface area contributed by atoms with Gasteiger partial charge in [0.1, 0.15) is 12.2 Å². The van der Waals surface area contributed by atoms with Gasteiger partial charge >= 0.3 is 11.9 Å². The van der Waals surface area contributed by atoms with Gasteiger partial charge in [0.2, 0.25) is 0 Å². The van der Waals surface area contributed by atoms with Crippen LogP contribution < -0.4 is 0 Å². The molecule has 0 saturated heterocycles. The maximum absolute atomic E-state index is 12.8. The minimum absolute atomic E-state index is 0.0252. The van der Waals surface area contributed by atoms with Gasteiger partial charge in [0.15, 0.2) is 0 Å². The minimum Gasteiger partial charge on any atom is -0.459 e. The van der Waals surface area contributed by atoms with Gasteiger partial charge in [-0.2, -0.15) is 0 Å². The predicted molar refractivity (Wildman–Crippen MR) is 129 cm³/mol. The highest BCUT2D eigenvalue weighted by Gasteiger charge is 2.23. The molecule has 0 aliphatic heterocycles. The zero-order chi connectivity index (χ0) is 22.2. The molecule has 2 saturated carbocycles. The Morgan fingerprint density at radius 3 is 1.38 bits per heavy atom. The second-order valence-electron chi connectivity index (χ2n) is 8.49. The average Bonchev–Trinajstić information content (AvgIpc) is 2.84. The first kappa shape index (κ1) is 23.2. The van der Waals surface area contributed by atoms with Crippen molar-refractivity contribution in [2.45, 2.75) is 86.2 Å². The molecule has 32 heavy (non-hydrogen) atoms. The van der Waals surface area contributed by atoms with E-state index >= 15 is 0 Å². The van der Waals surface area contributed by atoms with Crippen LogP contribution in [0.2, 0.25) is 0 Å². The second kappa shape index (κ2) is 11.8. The van der Waals surface area contributed by atoms with Crippen molar-refractivity contribution in [3.8, 4) is 0 Å². The molecule has 0 spiro atoms. The van der Waals surface area contributed by atoms with Gasteiger partial charge in [-0.15, -0.1) is 0 Å². The summed E-state index contributed by atoms with van der Waals surface area (Å²) in [6.45, 7) is 0. The number of ether oxygens (including phenoxy) is 2. The van der Waals surface area contributed by atoms with E-state index in [0.29, 0.717) is 11.1 Å². The Hall–Kier alpha value is -1.92. The van der Waals surface area contributed by atoms with Crippen molar-refractivity contribution in [3.63, 3.8) is 0 Å². The van der Waals surface area contributed by atoms with Gasteiger partial charge in [-0.3, -0.25) is 0 Å². The monoisotopic (exact) mass is 470 g/mol. The molecule has 0 heterocycles. The molecule has 170 valence electrons. The lowest BCUT2D eigenvalue weighted by atomic mass is 9.98. The van der Waals surface area contributed by atoms with Crippen LogP contribution in [0.5, 0.6) is 0 Å². The van der Waals surface area contributed by atoms with Gasteiger partial charge in [-0.25, -0.2) is 9.59 Å². The second-order valence-corrected chi connectivity index (χ2v) is 10.7. The molecule has 4 nitrogen and oxygen atoms in total. The van der Waals surface area contributed by atoms with Crippen LogP contribution in [0.3, 0.4) is 0 Å². The molecule has 2 fully saturated rings. The fraction of sp³-hybridized carbons (Fsp3) is 0.462. The van der Waals surface area contributed by atoms with Gasteiger partial charge in [0.25, 0.3) is 0 Å². The molecule has 2 aromatic carbocycles. The maximum Gasteiger partial charge on any atom is 0.339 e. The largest absolute Gasteiger partial charge is 0.459 e. The highest BCUT2D eigenvalue weighted by molar-refractivity contribution is 8.76. The highest BCUT2D eigenvalue weighted by atomic mass is 33.1. The highest BCUT2D eigenvalue weighted by Crippen LogP contribution is 2.41. The van der Waals surface area contributed by atoms with E-state index in [1.807, 2.05) is 48.5 Å². The number of carbonyl (C=O) groups excluding carboxylic acids is 2. The third kappa shape index (κ3) is 6.32. The Morgan fingerprint density at radius 1 is 0.594 bits per heavy atom. The van der Waals surface area contributed by atoms with Gasteiger partial charge in [0.05, 0.1) is 11.1 Å². The molecule has 6 heteroatoms. The number of hydrogen-bond acceptors (Lipinski definition) is 6. The summed E-state index contributed by atoms with van der Waals surface area (Å²) in [7, 11) is 2.95. The van der Waals surface area contributed by atoms with E-state index < -0.39 is 0 Å². The van der Waals surface area contributed by atoms with Crippen LogP contribution in [0.4, 0.5) is 0 Å². The fourth-order valence-electron chi connectivity index (χ4n) is 4.30. The van der Waals surface area contributed by atoms with Gasteiger partial charge in [-0.1, -0.05) is 58.7 Å². The van der Waals surface area contributed by atoms with Crippen molar-refractivity contribution in [2.24, 2.45) is 0 Å². The van der Waals surface area contributed by atoms with E-state index in [2.05, 4.69) is 0 Å². The minimum atomic E-state index is -0.259. The number of rotatable bonds is 7. The molecule has 2 aliphatic carbocycles. The number of carbonyl (C=O) groups is 2. The quantitative estimate of drug-likeness (QED) is 0.309. The molecular formula is C26H30O4S2. The van der Waals surface area contributed by atoms with Crippen LogP contribution >= 0.6 is 21.6 Å². The van der Waals surface area contributed by atoms with Crippen LogP contribution in [0.1, 0.15) is 84.9 Å². The Kier molecular flexibility index (Phi) is 8.57. The van der Waals surface area contributed by atoms with E-state index in [4.69, 9.17) is 9.47 Å². The first-order chi connectivity index (χ1) is 15.7. The summed E-state index contributed by atoms with van der Waals surface area (Å²) in [5.74, 6) is -0.517. The fourth-order valence-corrected chi connectivity index (χ4v) is 6.64. The lowest BCUT2D eigenvalue weighted by Crippen LogP contribution is -2.21. The van der Waals surface area contributed by atoms with E-state index in [1.54, 1.807) is 0 Å². The van der Waals surface area contributed by atoms with Crippen molar-refractivity contribution < 1.29 is 19.1 Å². The van der Waals surface area contributed by atoms with E-state index in [1.165, 1.54) is 34.4 Å². The Bertz CT molecular complexity index is 842. The van der Waals surface area contributed by atoms with Crippen molar-refractivity contribution >= 4 is 33.5 Å². The van der Waals surface area contributed by atoms with Crippen LogP contribution in [-0.4, -0.2) is 24.1 Å². The molecule has 2 aliphatic rings. The van der Waals surface area contributed by atoms with E-state index in [9.17, 15) is 9.59 Å². The molecule has 0 amide bonds. The third-order valence-electron chi connectivity index (χ3n) is 6.09. The summed E-state index contributed by atoms with van der Waals surface area (Å²) in [4.78, 5) is 27.3. The van der Waals surface area contributed by atoms with Gasteiger partial charge < -0.3 is 9.47 Å². The first-order valence-corrected chi connectivity index (χ1v) is 13.8.